The highest BCUT2D eigenvalue weighted by molar-refractivity contribution is 6.30. The summed E-state index contributed by atoms with van der Waals surface area (Å²) in [6.45, 7) is 4.25. The molecule has 3 rings (SSSR count). The van der Waals surface area contributed by atoms with Crippen molar-refractivity contribution >= 4 is 17.5 Å². The van der Waals surface area contributed by atoms with Crippen molar-refractivity contribution in [1.82, 2.24) is 19.4 Å². The topological polar surface area (TPSA) is 51.0 Å². The Kier molecular flexibility index (Phi) is 5.56. The van der Waals surface area contributed by atoms with Crippen LogP contribution in [0.25, 0.3) is 11.3 Å². The van der Waals surface area contributed by atoms with Crippen molar-refractivity contribution in [3.8, 4) is 11.3 Å². The summed E-state index contributed by atoms with van der Waals surface area (Å²) in [5, 5.41) is 0.438. The molecule has 0 radical (unpaired) electrons. The Balaban J connectivity index is 1.89. The highest BCUT2D eigenvalue weighted by Crippen LogP contribution is 2.25. The number of nitrogens with zero attached hydrogens (tertiary/aromatic N) is 4. The normalized spacial score (nSPS) is 11.0. The number of aromatic nitrogens is 3. The number of amides is 1. The van der Waals surface area contributed by atoms with Crippen LogP contribution in [0.1, 0.15) is 29.9 Å². The van der Waals surface area contributed by atoms with E-state index in [4.69, 9.17) is 11.6 Å². The molecule has 0 N–H and O–H groups in total. The van der Waals surface area contributed by atoms with E-state index in [2.05, 4.69) is 9.97 Å². The lowest BCUT2D eigenvalue weighted by atomic mass is 10.1. The van der Waals surface area contributed by atoms with E-state index in [1.165, 1.54) is 12.1 Å². The average molecular weight is 387 g/mol. The van der Waals surface area contributed by atoms with Gasteiger partial charge in [-0.1, -0.05) is 11.6 Å². The molecule has 0 unspecified atom stereocenters. The van der Waals surface area contributed by atoms with Crippen LogP contribution in [0, 0.1) is 5.82 Å². The number of aryl methyl sites for hydroxylation is 1. The van der Waals surface area contributed by atoms with E-state index in [1.807, 2.05) is 27.0 Å². The van der Waals surface area contributed by atoms with Gasteiger partial charge in [0, 0.05) is 42.6 Å². The van der Waals surface area contributed by atoms with Gasteiger partial charge >= 0.3 is 0 Å². The molecular formula is C20H20ClFN4O. The molecule has 5 nitrogen and oxygen atoms in total. The molecule has 27 heavy (non-hydrogen) atoms. The maximum atomic E-state index is 14.2. The third kappa shape index (κ3) is 4.34. The van der Waals surface area contributed by atoms with Gasteiger partial charge in [-0.2, -0.15) is 0 Å². The van der Waals surface area contributed by atoms with Crippen molar-refractivity contribution in [2.75, 3.05) is 0 Å². The van der Waals surface area contributed by atoms with Crippen LogP contribution in [0.5, 0.6) is 0 Å². The van der Waals surface area contributed by atoms with Crippen LogP contribution < -0.4 is 0 Å². The lowest BCUT2D eigenvalue weighted by molar-refractivity contribution is 0.0684. The van der Waals surface area contributed by atoms with E-state index in [0.717, 1.165) is 5.56 Å². The minimum absolute atomic E-state index is 0.0287. The second kappa shape index (κ2) is 7.88. The Labute approximate surface area is 162 Å². The zero-order valence-corrected chi connectivity index (χ0v) is 16.1. The third-order valence-electron chi connectivity index (χ3n) is 4.19. The first-order chi connectivity index (χ1) is 12.8. The highest BCUT2D eigenvalue weighted by Gasteiger charge is 2.21. The Morgan fingerprint density at radius 1 is 1.26 bits per heavy atom. The van der Waals surface area contributed by atoms with E-state index in [1.54, 1.807) is 40.3 Å². The van der Waals surface area contributed by atoms with Crippen LogP contribution in [0.3, 0.4) is 0 Å². The van der Waals surface area contributed by atoms with Crippen LogP contribution in [-0.2, 0) is 13.6 Å². The molecule has 0 saturated carbocycles. The molecule has 0 atom stereocenters. The molecule has 0 aliphatic rings. The third-order valence-corrected chi connectivity index (χ3v) is 4.42. The predicted molar refractivity (Wildman–Crippen MR) is 103 cm³/mol. The van der Waals surface area contributed by atoms with Crippen LogP contribution in [0.15, 0.2) is 49.1 Å². The van der Waals surface area contributed by atoms with Crippen molar-refractivity contribution in [2.45, 2.75) is 26.4 Å². The Morgan fingerprint density at radius 3 is 2.70 bits per heavy atom. The van der Waals surface area contributed by atoms with Crippen LogP contribution in [0.2, 0.25) is 5.02 Å². The van der Waals surface area contributed by atoms with E-state index in [9.17, 15) is 9.18 Å². The van der Waals surface area contributed by atoms with E-state index in [-0.39, 0.29) is 11.9 Å². The molecule has 0 aliphatic carbocycles. The quantitative estimate of drug-likeness (QED) is 0.656. The molecule has 3 aromatic rings. The number of halogens is 2. The van der Waals surface area contributed by atoms with Gasteiger partial charge in [0.25, 0.3) is 5.91 Å². The number of carbonyl (C=O) groups is 1. The zero-order valence-electron chi connectivity index (χ0n) is 15.4. The van der Waals surface area contributed by atoms with E-state index in [0.29, 0.717) is 28.5 Å². The molecule has 140 valence electrons. The van der Waals surface area contributed by atoms with Crippen molar-refractivity contribution in [2.24, 2.45) is 7.05 Å². The second-order valence-corrected chi connectivity index (χ2v) is 7.06. The first kappa shape index (κ1) is 19.0. The summed E-state index contributed by atoms with van der Waals surface area (Å²) in [6, 6.07) is 7.91. The molecule has 0 fully saturated rings. The van der Waals surface area contributed by atoms with Crippen LogP contribution in [0.4, 0.5) is 4.39 Å². The minimum Gasteiger partial charge on any atom is -0.340 e. The number of hydrogen-bond donors (Lipinski definition) is 0. The minimum atomic E-state index is -0.394. The number of pyridine rings is 1. The summed E-state index contributed by atoms with van der Waals surface area (Å²) in [4.78, 5) is 22.9. The van der Waals surface area contributed by atoms with Gasteiger partial charge in [0.05, 0.1) is 12.0 Å². The van der Waals surface area contributed by atoms with Gasteiger partial charge in [0.2, 0.25) is 0 Å². The molecule has 0 aliphatic heterocycles. The smallest absolute Gasteiger partial charge is 0.274 e. The molecule has 0 bridgehead atoms. The van der Waals surface area contributed by atoms with Gasteiger partial charge in [0.15, 0.2) is 0 Å². The molecule has 1 aromatic carbocycles. The van der Waals surface area contributed by atoms with Gasteiger partial charge in [-0.05, 0) is 49.7 Å². The lowest BCUT2D eigenvalue weighted by Crippen LogP contribution is -2.36. The number of hydrogen-bond acceptors (Lipinski definition) is 3. The predicted octanol–water partition coefficient (Wildman–Crippen LogP) is 4.33. The molecule has 2 aromatic heterocycles. The average Bonchev–Trinajstić information content (AvgIpc) is 3.07. The second-order valence-electron chi connectivity index (χ2n) is 6.62. The van der Waals surface area contributed by atoms with Crippen LogP contribution in [-0.4, -0.2) is 31.4 Å². The summed E-state index contributed by atoms with van der Waals surface area (Å²) in [5.74, 6) is -0.549. The van der Waals surface area contributed by atoms with Gasteiger partial charge in [-0.15, -0.1) is 0 Å². The van der Waals surface area contributed by atoms with Gasteiger partial charge in [0.1, 0.15) is 11.5 Å². The monoisotopic (exact) mass is 386 g/mol. The number of carbonyl (C=O) groups excluding carboxylic acids is 1. The molecule has 7 heteroatoms. The van der Waals surface area contributed by atoms with E-state index >= 15 is 0 Å². The maximum Gasteiger partial charge on any atom is 0.274 e. The Hall–Kier alpha value is -2.73. The van der Waals surface area contributed by atoms with Crippen molar-refractivity contribution in [3.05, 3.63) is 71.2 Å². The number of benzene rings is 1. The molecule has 1 amide bonds. The SMILES string of the molecule is CC(C)N(Cc1ccnc(-c2cc(Cl)ccc2F)c1)C(=O)c1cn(C)cn1. The summed E-state index contributed by atoms with van der Waals surface area (Å²) >= 11 is 5.99. The maximum absolute atomic E-state index is 14.2. The summed E-state index contributed by atoms with van der Waals surface area (Å²) in [6.07, 6.45) is 4.89. The van der Waals surface area contributed by atoms with Crippen molar-refractivity contribution < 1.29 is 9.18 Å². The fourth-order valence-corrected chi connectivity index (χ4v) is 2.94. The molecular weight excluding hydrogens is 367 g/mol. The van der Waals surface area contributed by atoms with Crippen molar-refractivity contribution in [1.29, 1.82) is 0 Å². The first-order valence-electron chi connectivity index (χ1n) is 8.54. The van der Waals surface area contributed by atoms with Gasteiger partial charge in [-0.25, -0.2) is 9.37 Å². The summed E-state index contributed by atoms with van der Waals surface area (Å²) < 4.78 is 15.9. The Bertz CT molecular complexity index is 970. The van der Waals surface area contributed by atoms with Gasteiger partial charge in [-0.3, -0.25) is 9.78 Å². The van der Waals surface area contributed by atoms with Crippen LogP contribution >= 0.6 is 11.6 Å². The molecule has 0 spiro atoms. The standard InChI is InChI=1S/C20H20ClFN4O/c1-13(2)26(20(27)19-11-25(3)12-24-19)10-14-6-7-23-18(8-14)16-9-15(21)4-5-17(16)22/h4-9,11-13H,10H2,1-3H3. The summed E-state index contributed by atoms with van der Waals surface area (Å²) in [5.41, 5.74) is 2.04. The first-order valence-corrected chi connectivity index (χ1v) is 8.92. The molecule has 0 saturated heterocycles. The van der Waals surface area contributed by atoms with Crippen molar-refractivity contribution in [3.63, 3.8) is 0 Å². The summed E-state index contributed by atoms with van der Waals surface area (Å²) in [7, 11) is 1.82. The van der Waals surface area contributed by atoms with E-state index < -0.39 is 5.82 Å². The largest absolute Gasteiger partial charge is 0.340 e. The molecule has 2 heterocycles. The highest BCUT2D eigenvalue weighted by atomic mass is 35.5. The fourth-order valence-electron chi connectivity index (χ4n) is 2.77. The fraction of sp³-hybridized carbons (Fsp3) is 0.250. The number of imidazole rings is 1. The lowest BCUT2D eigenvalue weighted by Gasteiger charge is -2.26. The Morgan fingerprint density at radius 2 is 2.04 bits per heavy atom. The number of rotatable bonds is 5. The zero-order chi connectivity index (χ0) is 19.6. The van der Waals surface area contributed by atoms with Gasteiger partial charge < -0.3 is 9.47 Å².